The van der Waals surface area contributed by atoms with E-state index in [9.17, 15) is 5.26 Å². The van der Waals surface area contributed by atoms with Crippen LogP contribution < -0.4 is 0 Å². The molecule has 0 aliphatic heterocycles. The van der Waals surface area contributed by atoms with Gasteiger partial charge < -0.3 is 4.90 Å². The quantitative estimate of drug-likeness (QED) is 0.809. The van der Waals surface area contributed by atoms with E-state index in [-0.39, 0.29) is 5.41 Å². The maximum absolute atomic E-state index is 9.27. The monoisotopic (exact) mass is 242 g/mol. The Bertz CT molecular complexity index is 466. The van der Waals surface area contributed by atoms with Crippen LogP contribution in [-0.4, -0.2) is 18.5 Å². The normalized spacial score (nSPS) is 17.3. The van der Waals surface area contributed by atoms with Gasteiger partial charge in [0.15, 0.2) is 0 Å². The molecule has 0 N–H and O–H groups in total. The molecular weight excluding hydrogens is 220 g/mol. The van der Waals surface area contributed by atoms with Crippen molar-refractivity contribution in [1.82, 2.24) is 4.90 Å². The van der Waals surface area contributed by atoms with Crippen molar-refractivity contribution in [3.63, 3.8) is 0 Å². The van der Waals surface area contributed by atoms with Crippen molar-refractivity contribution >= 4 is 0 Å². The second-order valence-corrected chi connectivity index (χ2v) is 5.85. The van der Waals surface area contributed by atoms with Crippen LogP contribution in [0.15, 0.2) is 18.2 Å². The fourth-order valence-electron chi connectivity index (χ4n) is 2.80. The highest BCUT2D eigenvalue weighted by atomic mass is 15.1. The van der Waals surface area contributed by atoms with E-state index in [0.29, 0.717) is 0 Å². The van der Waals surface area contributed by atoms with Crippen LogP contribution in [0.1, 0.15) is 36.0 Å². The van der Waals surface area contributed by atoms with Crippen LogP contribution in [-0.2, 0) is 6.54 Å². The van der Waals surface area contributed by atoms with E-state index in [4.69, 9.17) is 0 Å². The van der Waals surface area contributed by atoms with Gasteiger partial charge in [0.25, 0.3) is 0 Å². The summed E-state index contributed by atoms with van der Waals surface area (Å²) in [5.41, 5.74) is 3.97. The SMILES string of the molecule is Cc1ccc(CN(C)CC2(C#N)CCC2)c(C)c1. The molecule has 0 spiro atoms. The van der Waals surface area contributed by atoms with Gasteiger partial charge in [0.05, 0.1) is 11.5 Å². The Morgan fingerprint density at radius 1 is 1.33 bits per heavy atom. The van der Waals surface area contributed by atoms with E-state index >= 15 is 0 Å². The van der Waals surface area contributed by atoms with Crippen LogP contribution in [0.5, 0.6) is 0 Å². The van der Waals surface area contributed by atoms with E-state index in [2.05, 4.69) is 50.1 Å². The minimum Gasteiger partial charge on any atom is -0.301 e. The molecule has 2 nitrogen and oxygen atoms in total. The Kier molecular flexibility index (Phi) is 3.73. The van der Waals surface area contributed by atoms with Gasteiger partial charge in [0.1, 0.15) is 0 Å². The van der Waals surface area contributed by atoms with E-state index in [1.54, 1.807) is 0 Å². The molecule has 0 atom stereocenters. The molecule has 1 aliphatic carbocycles. The molecule has 2 heteroatoms. The molecule has 0 saturated heterocycles. The minimum atomic E-state index is -0.0622. The van der Waals surface area contributed by atoms with Crippen LogP contribution in [0.3, 0.4) is 0 Å². The summed E-state index contributed by atoms with van der Waals surface area (Å²) in [6, 6.07) is 9.12. The molecule has 1 aromatic rings. The number of hydrogen-bond acceptors (Lipinski definition) is 2. The summed E-state index contributed by atoms with van der Waals surface area (Å²) in [6.45, 7) is 6.13. The summed E-state index contributed by atoms with van der Waals surface area (Å²) >= 11 is 0. The van der Waals surface area contributed by atoms with Gasteiger partial charge >= 0.3 is 0 Å². The summed E-state index contributed by atoms with van der Waals surface area (Å²) in [4.78, 5) is 2.29. The molecule has 0 bridgehead atoms. The molecule has 18 heavy (non-hydrogen) atoms. The highest BCUT2D eigenvalue weighted by Gasteiger charge is 2.37. The first-order valence-electron chi connectivity index (χ1n) is 6.71. The first-order valence-corrected chi connectivity index (χ1v) is 6.71. The van der Waals surface area contributed by atoms with Crippen molar-refractivity contribution in [3.05, 3.63) is 34.9 Å². The third-order valence-corrected chi connectivity index (χ3v) is 4.06. The standard InChI is InChI=1S/C16H22N2/c1-13-5-6-15(14(2)9-13)10-18(3)12-16(11-17)7-4-8-16/h5-6,9H,4,7-8,10,12H2,1-3H3. The van der Waals surface area contributed by atoms with Gasteiger partial charge in [0, 0.05) is 13.1 Å². The van der Waals surface area contributed by atoms with Gasteiger partial charge in [-0.3, -0.25) is 0 Å². The van der Waals surface area contributed by atoms with Crippen molar-refractivity contribution in [2.24, 2.45) is 5.41 Å². The number of nitriles is 1. The lowest BCUT2D eigenvalue weighted by Gasteiger charge is -2.38. The minimum absolute atomic E-state index is 0.0622. The highest BCUT2D eigenvalue weighted by molar-refractivity contribution is 5.30. The molecule has 2 rings (SSSR count). The van der Waals surface area contributed by atoms with Gasteiger partial charge in [-0.2, -0.15) is 5.26 Å². The Morgan fingerprint density at radius 2 is 2.06 bits per heavy atom. The van der Waals surface area contributed by atoms with Crippen LogP contribution in [0, 0.1) is 30.6 Å². The largest absolute Gasteiger partial charge is 0.301 e. The second kappa shape index (κ2) is 5.12. The van der Waals surface area contributed by atoms with Gasteiger partial charge in [-0.25, -0.2) is 0 Å². The Hall–Kier alpha value is -1.33. The second-order valence-electron chi connectivity index (χ2n) is 5.85. The maximum atomic E-state index is 9.27. The third-order valence-electron chi connectivity index (χ3n) is 4.06. The molecule has 1 saturated carbocycles. The first kappa shape index (κ1) is 13.1. The van der Waals surface area contributed by atoms with Gasteiger partial charge in [-0.05, 0) is 44.9 Å². The zero-order chi connectivity index (χ0) is 13.2. The molecule has 0 heterocycles. The zero-order valence-electron chi connectivity index (χ0n) is 11.7. The van der Waals surface area contributed by atoms with Gasteiger partial charge in [-0.15, -0.1) is 0 Å². The Labute approximate surface area is 110 Å². The molecule has 1 aromatic carbocycles. The van der Waals surface area contributed by atoms with Crippen LogP contribution in [0.25, 0.3) is 0 Å². The van der Waals surface area contributed by atoms with E-state index in [1.807, 2.05) is 0 Å². The number of aryl methyl sites for hydroxylation is 2. The van der Waals surface area contributed by atoms with Crippen LogP contribution in [0.4, 0.5) is 0 Å². The summed E-state index contributed by atoms with van der Waals surface area (Å²) < 4.78 is 0. The molecule has 96 valence electrons. The Morgan fingerprint density at radius 3 is 2.56 bits per heavy atom. The summed E-state index contributed by atoms with van der Waals surface area (Å²) in [7, 11) is 2.12. The fourth-order valence-corrected chi connectivity index (χ4v) is 2.80. The van der Waals surface area contributed by atoms with Crippen molar-refractivity contribution in [3.8, 4) is 6.07 Å². The average molecular weight is 242 g/mol. The number of hydrogen-bond donors (Lipinski definition) is 0. The molecule has 0 radical (unpaired) electrons. The predicted octanol–water partition coefficient (Wildman–Crippen LogP) is 3.43. The van der Waals surface area contributed by atoms with Crippen molar-refractivity contribution in [1.29, 1.82) is 5.26 Å². The highest BCUT2D eigenvalue weighted by Crippen LogP contribution is 2.40. The molecule has 1 aliphatic rings. The average Bonchev–Trinajstić information content (AvgIpc) is 2.27. The Balaban J connectivity index is 1.99. The van der Waals surface area contributed by atoms with Crippen LogP contribution in [0.2, 0.25) is 0 Å². The lowest BCUT2D eigenvalue weighted by atomic mass is 9.69. The van der Waals surface area contributed by atoms with Crippen molar-refractivity contribution < 1.29 is 0 Å². The molecule has 0 aromatic heterocycles. The topological polar surface area (TPSA) is 27.0 Å². The lowest BCUT2D eigenvalue weighted by molar-refractivity contribution is 0.134. The van der Waals surface area contributed by atoms with Crippen molar-refractivity contribution in [2.45, 2.75) is 39.7 Å². The first-order chi connectivity index (χ1) is 8.54. The van der Waals surface area contributed by atoms with E-state index in [0.717, 1.165) is 25.9 Å². The molecule has 0 amide bonds. The van der Waals surface area contributed by atoms with Crippen LogP contribution >= 0.6 is 0 Å². The summed E-state index contributed by atoms with van der Waals surface area (Å²) in [5.74, 6) is 0. The molecular formula is C16H22N2. The predicted molar refractivity (Wildman–Crippen MR) is 74.1 cm³/mol. The molecule has 0 unspecified atom stereocenters. The fraction of sp³-hybridized carbons (Fsp3) is 0.562. The third kappa shape index (κ3) is 2.73. The van der Waals surface area contributed by atoms with Gasteiger partial charge in [-0.1, -0.05) is 30.2 Å². The number of nitrogens with zero attached hydrogens (tertiary/aromatic N) is 2. The van der Waals surface area contributed by atoms with Gasteiger partial charge in [0.2, 0.25) is 0 Å². The molecule has 1 fully saturated rings. The van der Waals surface area contributed by atoms with E-state index in [1.165, 1.54) is 23.1 Å². The maximum Gasteiger partial charge on any atom is 0.0703 e. The summed E-state index contributed by atoms with van der Waals surface area (Å²) in [6.07, 6.45) is 3.35. The smallest absolute Gasteiger partial charge is 0.0703 e. The number of rotatable bonds is 4. The zero-order valence-corrected chi connectivity index (χ0v) is 11.7. The lowest BCUT2D eigenvalue weighted by Crippen LogP contribution is -2.39. The van der Waals surface area contributed by atoms with E-state index < -0.39 is 0 Å². The summed E-state index contributed by atoms with van der Waals surface area (Å²) in [5, 5.41) is 9.27. The van der Waals surface area contributed by atoms with Crippen molar-refractivity contribution in [2.75, 3.05) is 13.6 Å². The number of benzene rings is 1.